The number of pyridine rings is 1. The summed E-state index contributed by atoms with van der Waals surface area (Å²) < 4.78 is 1.98. The average Bonchev–Trinajstić information content (AvgIpc) is 3.37. The summed E-state index contributed by atoms with van der Waals surface area (Å²) in [6.07, 6.45) is 7.62. The fourth-order valence-electron chi connectivity index (χ4n) is 4.60. The van der Waals surface area contributed by atoms with Crippen LogP contribution in [0, 0.1) is 6.92 Å². The van der Waals surface area contributed by atoms with Crippen molar-refractivity contribution in [2.75, 3.05) is 18.4 Å². The molecule has 192 valence electrons. The molecule has 1 aliphatic heterocycles. The Labute approximate surface area is 219 Å². The highest BCUT2D eigenvalue weighted by molar-refractivity contribution is 6.03. The Morgan fingerprint density at radius 3 is 2.59 bits per heavy atom. The van der Waals surface area contributed by atoms with Crippen molar-refractivity contribution < 1.29 is 4.79 Å². The molecule has 3 N–H and O–H groups in total. The van der Waals surface area contributed by atoms with Crippen molar-refractivity contribution >= 4 is 11.6 Å². The topological polar surface area (TPSA) is 89.1 Å². The number of piperidine rings is 1. The number of carbonyl (C=O) groups excluding carboxylic acids is 1. The fourth-order valence-corrected chi connectivity index (χ4v) is 4.60. The van der Waals surface area contributed by atoms with Gasteiger partial charge in [0.15, 0.2) is 0 Å². The van der Waals surface area contributed by atoms with E-state index >= 15 is 0 Å². The number of nitrogens with one attached hydrogen (secondary N) is 1. The minimum Gasteiger partial charge on any atom is -0.327 e. The van der Waals surface area contributed by atoms with Crippen molar-refractivity contribution in [3.05, 3.63) is 96.3 Å². The zero-order valence-corrected chi connectivity index (χ0v) is 21.9. The van der Waals surface area contributed by atoms with Gasteiger partial charge in [0.1, 0.15) is 5.69 Å². The summed E-state index contributed by atoms with van der Waals surface area (Å²) in [5.74, 6) is -0.243. The Kier molecular flexibility index (Phi) is 8.82. The number of nitrogens with zero attached hydrogens (tertiary/aromatic N) is 4. The smallest absolute Gasteiger partial charge is 0.274 e. The number of nitrogens with two attached hydrogens (primary N) is 1. The predicted octanol–water partition coefficient (Wildman–Crippen LogP) is 5.44. The second-order valence-corrected chi connectivity index (χ2v) is 9.20. The minimum atomic E-state index is -0.243. The molecule has 1 unspecified atom stereocenters. The van der Waals surface area contributed by atoms with Gasteiger partial charge < -0.3 is 15.6 Å². The molecular weight excluding hydrogens is 460 g/mol. The van der Waals surface area contributed by atoms with E-state index in [2.05, 4.69) is 26.3 Å². The number of hydrogen-bond donors (Lipinski definition) is 2. The molecular formula is C30H36N6O. The summed E-state index contributed by atoms with van der Waals surface area (Å²) >= 11 is 0. The van der Waals surface area contributed by atoms with Crippen LogP contribution in [0.15, 0.2) is 79.4 Å². The molecule has 3 heterocycles. The molecule has 0 spiro atoms. The van der Waals surface area contributed by atoms with Crippen LogP contribution in [0.4, 0.5) is 5.69 Å². The van der Waals surface area contributed by atoms with Gasteiger partial charge in [0.2, 0.25) is 0 Å². The van der Waals surface area contributed by atoms with E-state index in [0.29, 0.717) is 5.69 Å². The molecule has 1 amide bonds. The van der Waals surface area contributed by atoms with Crippen molar-refractivity contribution in [3.63, 3.8) is 0 Å². The van der Waals surface area contributed by atoms with Crippen molar-refractivity contribution in [2.24, 2.45) is 5.73 Å². The van der Waals surface area contributed by atoms with E-state index in [4.69, 9.17) is 5.73 Å². The van der Waals surface area contributed by atoms with Crippen molar-refractivity contribution in [2.45, 2.75) is 46.2 Å². The Balaban J connectivity index is 0.00000156. The van der Waals surface area contributed by atoms with Crippen LogP contribution in [0.3, 0.4) is 0 Å². The molecule has 5 rings (SSSR count). The third-order valence-electron chi connectivity index (χ3n) is 6.29. The molecule has 7 nitrogen and oxygen atoms in total. The van der Waals surface area contributed by atoms with Crippen molar-refractivity contribution in [1.82, 2.24) is 19.4 Å². The lowest BCUT2D eigenvalue weighted by Gasteiger charge is -2.30. The van der Waals surface area contributed by atoms with E-state index in [1.165, 1.54) is 0 Å². The summed E-state index contributed by atoms with van der Waals surface area (Å²) in [6, 6.07) is 20.1. The second-order valence-electron chi connectivity index (χ2n) is 9.20. The van der Waals surface area contributed by atoms with Crippen LogP contribution >= 0.6 is 0 Å². The first-order valence-electron chi connectivity index (χ1n) is 13.0. The van der Waals surface area contributed by atoms with Gasteiger partial charge in [-0.2, -0.15) is 0 Å². The van der Waals surface area contributed by atoms with E-state index in [1.807, 2.05) is 86.1 Å². The third kappa shape index (κ3) is 6.90. The van der Waals surface area contributed by atoms with Crippen LogP contribution in [0.2, 0.25) is 0 Å². The van der Waals surface area contributed by atoms with Crippen molar-refractivity contribution in [3.8, 4) is 16.8 Å². The Bertz CT molecular complexity index is 1320. The molecule has 1 atom stereocenters. The van der Waals surface area contributed by atoms with Crippen LogP contribution in [0.25, 0.3) is 16.8 Å². The molecule has 0 aliphatic carbocycles. The van der Waals surface area contributed by atoms with Gasteiger partial charge in [0, 0.05) is 42.9 Å². The van der Waals surface area contributed by atoms with Crippen LogP contribution in [-0.4, -0.2) is 44.5 Å². The quantitative estimate of drug-likeness (QED) is 0.371. The standard InChI is InChI=1S/C28H30N6O.C2H6/c1-20-16-34(19-31-20)26-13-21(17-33-11-5-8-24(29)18-33)12-25(15-26)32-28(35)27-14-23(9-10-30-27)22-6-3-2-4-7-22;1-2/h2-4,6-7,9-10,12-16,19,24H,5,8,11,17-18,29H2,1H3,(H,32,35);1-2H3. The Morgan fingerprint density at radius 1 is 1.05 bits per heavy atom. The first-order valence-corrected chi connectivity index (χ1v) is 13.0. The maximum atomic E-state index is 13.2. The monoisotopic (exact) mass is 496 g/mol. The summed E-state index contributed by atoms with van der Waals surface area (Å²) in [7, 11) is 0. The highest BCUT2D eigenvalue weighted by Crippen LogP contribution is 2.23. The van der Waals surface area contributed by atoms with E-state index < -0.39 is 0 Å². The first kappa shape index (κ1) is 26.3. The van der Waals surface area contributed by atoms with E-state index in [0.717, 1.165) is 66.2 Å². The highest BCUT2D eigenvalue weighted by atomic mass is 16.1. The van der Waals surface area contributed by atoms with Crippen LogP contribution in [0.1, 0.15) is 48.4 Å². The minimum absolute atomic E-state index is 0.213. The van der Waals surface area contributed by atoms with Gasteiger partial charge in [-0.05, 0) is 73.3 Å². The van der Waals surface area contributed by atoms with Gasteiger partial charge in [-0.25, -0.2) is 4.98 Å². The van der Waals surface area contributed by atoms with Gasteiger partial charge in [-0.3, -0.25) is 14.7 Å². The molecule has 2 aromatic heterocycles. The zero-order valence-electron chi connectivity index (χ0n) is 21.9. The molecule has 0 saturated carbocycles. The average molecular weight is 497 g/mol. The SMILES string of the molecule is CC.Cc1cn(-c2cc(CN3CCCC(N)C3)cc(NC(=O)c3cc(-c4ccccc4)ccn3)c2)cn1. The number of rotatable bonds is 6. The molecule has 1 aliphatic rings. The lowest BCUT2D eigenvalue weighted by molar-refractivity contribution is 0.102. The normalized spacial score (nSPS) is 15.5. The van der Waals surface area contributed by atoms with Crippen molar-refractivity contribution in [1.29, 1.82) is 0 Å². The predicted molar refractivity (Wildman–Crippen MR) is 150 cm³/mol. The van der Waals surface area contributed by atoms with Crippen LogP contribution in [0.5, 0.6) is 0 Å². The van der Waals surface area contributed by atoms with Gasteiger partial charge in [-0.15, -0.1) is 0 Å². The summed E-state index contributed by atoms with van der Waals surface area (Å²) in [5.41, 5.74) is 12.3. The van der Waals surface area contributed by atoms with Crippen LogP contribution < -0.4 is 11.1 Å². The number of imidazole rings is 1. The number of hydrogen-bond acceptors (Lipinski definition) is 5. The van der Waals surface area contributed by atoms with E-state index in [1.54, 1.807) is 12.5 Å². The lowest BCUT2D eigenvalue weighted by atomic mass is 10.0. The maximum absolute atomic E-state index is 13.2. The van der Waals surface area contributed by atoms with E-state index in [9.17, 15) is 4.79 Å². The van der Waals surface area contributed by atoms with Gasteiger partial charge in [-0.1, -0.05) is 44.2 Å². The molecule has 0 bridgehead atoms. The Hall–Kier alpha value is -3.81. The zero-order chi connectivity index (χ0) is 26.2. The third-order valence-corrected chi connectivity index (χ3v) is 6.29. The summed E-state index contributed by atoms with van der Waals surface area (Å²) in [6.45, 7) is 8.65. The molecule has 7 heteroatoms. The second kappa shape index (κ2) is 12.4. The lowest BCUT2D eigenvalue weighted by Crippen LogP contribution is -2.42. The van der Waals surface area contributed by atoms with E-state index in [-0.39, 0.29) is 11.9 Å². The molecule has 4 aromatic rings. The molecule has 2 aromatic carbocycles. The first-order chi connectivity index (χ1) is 18.0. The fraction of sp³-hybridized carbons (Fsp3) is 0.300. The van der Waals surface area contributed by atoms with Gasteiger partial charge in [0.25, 0.3) is 5.91 Å². The number of aromatic nitrogens is 3. The molecule has 0 radical (unpaired) electrons. The summed E-state index contributed by atoms with van der Waals surface area (Å²) in [4.78, 5) is 24.2. The van der Waals surface area contributed by atoms with Crippen LogP contribution in [-0.2, 0) is 6.54 Å². The highest BCUT2D eigenvalue weighted by Gasteiger charge is 2.18. The molecule has 1 fully saturated rings. The number of likely N-dealkylation sites (tertiary alicyclic amines) is 1. The molecule has 1 saturated heterocycles. The Morgan fingerprint density at radius 2 is 1.86 bits per heavy atom. The number of amides is 1. The largest absolute Gasteiger partial charge is 0.327 e. The number of carbonyl (C=O) groups is 1. The number of aryl methyl sites for hydroxylation is 1. The number of benzene rings is 2. The van der Waals surface area contributed by atoms with Gasteiger partial charge in [0.05, 0.1) is 12.0 Å². The number of anilines is 1. The maximum Gasteiger partial charge on any atom is 0.274 e. The summed E-state index contributed by atoms with van der Waals surface area (Å²) in [5, 5.41) is 3.06. The molecule has 37 heavy (non-hydrogen) atoms. The van der Waals surface area contributed by atoms with Gasteiger partial charge >= 0.3 is 0 Å².